The van der Waals surface area contributed by atoms with Crippen molar-refractivity contribution < 1.29 is 14.4 Å². The molecule has 0 spiro atoms. The van der Waals surface area contributed by atoms with Crippen molar-refractivity contribution in [3.63, 3.8) is 0 Å². The van der Waals surface area contributed by atoms with E-state index in [0.717, 1.165) is 4.90 Å². The fourth-order valence-electron chi connectivity index (χ4n) is 0.959. The summed E-state index contributed by atoms with van der Waals surface area (Å²) in [5.41, 5.74) is 0.671. The predicted molar refractivity (Wildman–Crippen MR) is 42.6 cm³/mol. The first-order valence-electron chi connectivity index (χ1n) is 3.88. The summed E-state index contributed by atoms with van der Waals surface area (Å²) < 4.78 is 4.78. The Kier molecular flexibility index (Phi) is 2.24. The lowest BCUT2D eigenvalue weighted by molar-refractivity contribution is -1.02. The zero-order valence-electron chi connectivity index (χ0n) is 8.16. The van der Waals surface area contributed by atoms with E-state index in [2.05, 4.69) is 5.16 Å². The van der Waals surface area contributed by atoms with Crippen molar-refractivity contribution in [1.29, 1.82) is 5.26 Å². The Morgan fingerprint density at radius 1 is 1.54 bits per heavy atom. The summed E-state index contributed by atoms with van der Waals surface area (Å²) in [6, 6.07) is 1.98. The number of nitriles is 1. The molecule has 0 radical (unpaired) electrons. The quantitative estimate of drug-likeness (QED) is 0.622. The van der Waals surface area contributed by atoms with Gasteiger partial charge in [0, 0.05) is 5.41 Å². The smallest absolute Gasteiger partial charge is 0.305 e. The Hall–Kier alpha value is -1.57. The van der Waals surface area contributed by atoms with E-state index in [1.165, 1.54) is 7.11 Å². The molecule has 1 rings (SSSR count). The molecular formula is C8H12N3O2+. The second-order valence-corrected chi connectivity index (χ2v) is 3.67. The molecule has 5 heteroatoms. The minimum Gasteiger partial charge on any atom is -0.305 e. The van der Waals surface area contributed by atoms with Crippen molar-refractivity contribution in [3.8, 4) is 6.07 Å². The van der Waals surface area contributed by atoms with Gasteiger partial charge in [0.2, 0.25) is 0 Å². The molecule has 0 unspecified atom stereocenters. The Bertz CT molecular complexity index is 343. The first kappa shape index (κ1) is 9.52. The zero-order chi connectivity index (χ0) is 10.1. The van der Waals surface area contributed by atoms with Gasteiger partial charge in [-0.3, -0.25) is 0 Å². The highest BCUT2D eigenvalue weighted by atomic mass is 16.8. The Balaban J connectivity index is 3.26. The molecule has 0 aliphatic heterocycles. The molecule has 0 bridgehead atoms. The molecule has 5 nitrogen and oxygen atoms in total. The fourth-order valence-corrected chi connectivity index (χ4v) is 0.959. The standard InChI is InChI=1S/C8H12N3O2/c1-8(2,3)7-6(5-9)11(12-4)13-10-7/h1-4H3/q+1. The van der Waals surface area contributed by atoms with E-state index in [-0.39, 0.29) is 5.41 Å². The van der Waals surface area contributed by atoms with Gasteiger partial charge in [-0.05, 0) is 4.63 Å². The van der Waals surface area contributed by atoms with Gasteiger partial charge in [0.1, 0.15) is 12.0 Å². The SMILES string of the molecule is CO[n+]1onc(C(C)(C)C)c1C#N. The summed E-state index contributed by atoms with van der Waals surface area (Å²) in [6.45, 7) is 5.85. The molecule has 1 aromatic heterocycles. The van der Waals surface area contributed by atoms with Crippen LogP contribution < -0.4 is 9.74 Å². The summed E-state index contributed by atoms with van der Waals surface area (Å²) in [4.78, 5) is 5.78. The third-order valence-electron chi connectivity index (χ3n) is 1.60. The largest absolute Gasteiger partial charge is 0.345 e. The minimum absolute atomic E-state index is 0.224. The molecule has 1 aromatic rings. The number of aromatic nitrogens is 2. The van der Waals surface area contributed by atoms with Crippen molar-refractivity contribution in [2.75, 3.05) is 7.11 Å². The first-order valence-corrected chi connectivity index (χ1v) is 3.88. The van der Waals surface area contributed by atoms with Gasteiger partial charge in [0.15, 0.2) is 11.2 Å². The van der Waals surface area contributed by atoms with Crippen LogP contribution in [0.2, 0.25) is 0 Å². The summed E-state index contributed by atoms with van der Waals surface area (Å²) in [5.74, 6) is 0. The molecule has 13 heavy (non-hydrogen) atoms. The van der Waals surface area contributed by atoms with Crippen molar-refractivity contribution in [1.82, 2.24) is 5.16 Å². The molecular weight excluding hydrogens is 170 g/mol. The van der Waals surface area contributed by atoms with Gasteiger partial charge in [-0.15, -0.1) is 0 Å². The van der Waals surface area contributed by atoms with Crippen molar-refractivity contribution in [2.24, 2.45) is 0 Å². The van der Waals surface area contributed by atoms with Gasteiger partial charge in [0.05, 0.1) is 0 Å². The average molecular weight is 182 g/mol. The number of rotatable bonds is 1. The Labute approximate surface area is 76.4 Å². The van der Waals surface area contributed by atoms with E-state index in [1.54, 1.807) is 0 Å². The lowest BCUT2D eigenvalue weighted by atomic mass is 9.91. The highest BCUT2D eigenvalue weighted by molar-refractivity contribution is 5.24. The topological polar surface area (TPSA) is 62.9 Å². The number of hydrogen-bond acceptors (Lipinski definition) is 4. The van der Waals surface area contributed by atoms with Crippen LogP contribution in [-0.4, -0.2) is 12.3 Å². The number of nitrogens with zero attached hydrogens (tertiary/aromatic N) is 3. The third-order valence-corrected chi connectivity index (χ3v) is 1.60. The summed E-state index contributed by atoms with van der Waals surface area (Å²) in [5, 5.41) is 12.6. The maximum absolute atomic E-state index is 8.83. The molecule has 0 aromatic carbocycles. The average Bonchev–Trinajstić information content (AvgIpc) is 2.45. The maximum atomic E-state index is 8.83. The van der Waals surface area contributed by atoms with Crippen LogP contribution in [-0.2, 0) is 5.41 Å². The van der Waals surface area contributed by atoms with Crippen molar-refractivity contribution in [3.05, 3.63) is 11.4 Å². The zero-order valence-corrected chi connectivity index (χ0v) is 8.16. The Morgan fingerprint density at radius 3 is 2.54 bits per heavy atom. The van der Waals surface area contributed by atoms with E-state index in [4.69, 9.17) is 14.7 Å². The van der Waals surface area contributed by atoms with E-state index in [0.29, 0.717) is 11.4 Å². The number of hydrogen-bond donors (Lipinski definition) is 0. The molecule has 0 atom stereocenters. The normalized spacial score (nSPS) is 11.0. The lowest BCUT2D eigenvalue weighted by Gasteiger charge is -2.07. The molecule has 1 heterocycles. The highest BCUT2D eigenvalue weighted by Gasteiger charge is 2.35. The van der Waals surface area contributed by atoms with Crippen LogP contribution in [0, 0.1) is 11.3 Å². The molecule has 0 aliphatic rings. The van der Waals surface area contributed by atoms with Crippen LogP contribution in [0.3, 0.4) is 0 Å². The third kappa shape index (κ3) is 1.61. The molecule has 0 fully saturated rings. The van der Waals surface area contributed by atoms with Crippen LogP contribution in [0.4, 0.5) is 0 Å². The molecule has 0 amide bonds. The highest BCUT2D eigenvalue weighted by Crippen LogP contribution is 2.21. The monoisotopic (exact) mass is 182 g/mol. The summed E-state index contributed by atoms with van der Waals surface area (Å²) >= 11 is 0. The first-order chi connectivity index (χ1) is 6.00. The van der Waals surface area contributed by atoms with E-state index in [1.807, 2.05) is 26.8 Å². The van der Waals surface area contributed by atoms with Gasteiger partial charge >= 0.3 is 5.69 Å². The van der Waals surface area contributed by atoms with Crippen molar-refractivity contribution >= 4 is 0 Å². The van der Waals surface area contributed by atoms with E-state index in [9.17, 15) is 0 Å². The molecule has 0 aliphatic carbocycles. The maximum Gasteiger partial charge on any atom is 0.345 e. The van der Waals surface area contributed by atoms with Gasteiger partial charge in [-0.1, -0.05) is 20.8 Å². The lowest BCUT2D eigenvalue weighted by Crippen LogP contribution is -2.42. The van der Waals surface area contributed by atoms with Gasteiger partial charge < -0.3 is 4.84 Å². The summed E-state index contributed by atoms with van der Waals surface area (Å²) in [6.07, 6.45) is 0. The molecule has 0 N–H and O–H groups in total. The molecule has 70 valence electrons. The molecule has 0 saturated heterocycles. The van der Waals surface area contributed by atoms with Crippen LogP contribution >= 0.6 is 0 Å². The minimum atomic E-state index is -0.224. The van der Waals surface area contributed by atoms with Crippen molar-refractivity contribution in [2.45, 2.75) is 26.2 Å². The second-order valence-electron chi connectivity index (χ2n) is 3.67. The van der Waals surface area contributed by atoms with E-state index >= 15 is 0 Å². The van der Waals surface area contributed by atoms with Crippen LogP contribution in [0.15, 0.2) is 4.63 Å². The van der Waals surface area contributed by atoms with Crippen LogP contribution in [0.25, 0.3) is 0 Å². The Morgan fingerprint density at radius 2 is 2.15 bits per heavy atom. The van der Waals surface area contributed by atoms with Gasteiger partial charge in [-0.2, -0.15) is 5.26 Å². The predicted octanol–water partition coefficient (Wildman–Crippen LogP) is 0.190. The molecule has 0 saturated carbocycles. The fraction of sp³-hybridized carbons (Fsp3) is 0.625. The van der Waals surface area contributed by atoms with Gasteiger partial charge in [-0.25, -0.2) is 0 Å². The van der Waals surface area contributed by atoms with E-state index < -0.39 is 0 Å². The van der Waals surface area contributed by atoms with Crippen LogP contribution in [0.5, 0.6) is 0 Å². The van der Waals surface area contributed by atoms with Crippen LogP contribution in [0.1, 0.15) is 32.2 Å². The second kappa shape index (κ2) is 3.05. The van der Waals surface area contributed by atoms with Gasteiger partial charge in [0.25, 0.3) is 5.69 Å². The summed E-state index contributed by atoms with van der Waals surface area (Å²) in [7, 11) is 1.42.